The van der Waals surface area contributed by atoms with E-state index in [1.807, 2.05) is 18.3 Å². The second-order valence-corrected chi connectivity index (χ2v) is 6.28. The predicted octanol–water partition coefficient (Wildman–Crippen LogP) is 4.45. The first-order valence-corrected chi connectivity index (χ1v) is 8.15. The number of nitrogens with zero attached hydrogens (tertiary/aromatic N) is 1. The number of anilines is 2. The van der Waals surface area contributed by atoms with Gasteiger partial charge in [-0.3, -0.25) is 4.98 Å². The molecule has 1 fully saturated rings. The van der Waals surface area contributed by atoms with E-state index in [4.69, 9.17) is 5.73 Å². The van der Waals surface area contributed by atoms with Crippen molar-refractivity contribution in [1.29, 1.82) is 0 Å². The van der Waals surface area contributed by atoms with Crippen molar-refractivity contribution in [2.24, 2.45) is 11.8 Å². The lowest BCUT2D eigenvalue weighted by atomic mass is 9.81. The number of hydrogen-bond donors (Lipinski definition) is 2. The van der Waals surface area contributed by atoms with Crippen molar-refractivity contribution in [1.82, 2.24) is 4.98 Å². The normalized spacial score (nSPS) is 22.3. The molecule has 3 heteroatoms. The standard InChI is InChI=1S/C18H25N3/c1-2-13-6-8-14(9-7-13)12-21-17-10-11-20-18-15(17)4-3-5-16(18)19/h3-5,10-11,13-14H,2,6-9,12,19H2,1H3,(H,20,21). The molecule has 3 N–H and O–H groups in total. The highest BCUT2D eigenvalue weighted by Crippen LogP contribution is 2.31. The second-order valence-electron chi connectivity index (χ2n) is 6.28. The topological polar surface area (TPSA) is 50.9 Å². The van der Waals surface area contributed by atoms with E-state index >= 15 is 0 Å². The summed E-state index contributed by atoms with van der Waals surface area (Å²) in [6.07, 6.45) is 8.69. The van der Waals surface area contributed by atoms with E-state index in [2.05, 4.69) is 29.4 Å². The molecule has 3 rings (SSSR count). The summed E-state index contributed by atoms with van der Waals surface area (Å²) in [5, 5.41) is 4.75. The van der Waals surface area contributed by atoms with Crippen LogP contribution in [0.5, 0.6) is 0 Å². The van der Waals surface area contributed by atoms with Crippen LogP contribution >= 0.6 is 0 Å². The molecular weight excluding hydrogens is 258 g/mol. The third kappa shape index (κ3) is 3.12. The van der Waals surface area contributed by atoms with Crippen LogP contribution in [0.1, 0.15) is 39.0 Å². The Morgan fingerprint density at radius 2 is 1.90 bits per heavy atom. The van der Waals surface area contributed by atoms with Crippen LogP contribution in [0.3, 0.4) is 0 Å². The summed E-state index contributed by atoms with van der Waals surface area (Å²) in [5.74, 6) is 1.76. The van der Waals surface area contributed by atoms with Crippen molar-refractivity contribution < 1.29 is 0 Å². The van der Waals surface area contributed by atoms with Gasteiger partial charge in [-0.25, -0.2) is 0 Å². The van der Waals surface area contributed by atoms with Gasteiger partial charge in [0, 0.05) is 23.8 Å². The van der Waals surface area contributed by atoms with E-state index in [9.17, 15) is 0 Å². The number of fused-ring (bicyclic) bond motifs is 1. The Bertz CT molecular complexity index is 600. The molecule has 0 amide bonds. The van der Waals surface area contributed by atoms with Gasteiger partial charge in [0.05, 0.1) is 11.2 Å². The van der Waals surface area contributed by atoms with Crippen LogP contribution < -0.4 is 11.1 Å². The average Bonchev–Trinajstić information content (AvgIpc) is 2.54. The van der Waals surface area contributed by atoms with Crippen LogP contribution in [0.2, 0.25) is 0 Å². The first kappa shape index (κ1) is 14.2. The molecule has 21 heavy (non-hydrogen) atoms. The Balaban J connectivity index is 1.67. The van der Waals surface area contributed by atoms with Gasteiger partial charge in [-0.2, -0.15) is 0 Å². The molecule has 0 spiro atoms. The lowest BCUT2D eigenvalue weighted by molar-refractivity contribution is 0.278. The number of nitrogens with two attached hydrogens (primary N) is 1. The highest BCUT2D eigenvalue weighted by Gasteiger charge is 2.19. The van der Waals surface area contributed by atoms with Gasteiger partial charge in [-0.05, 0) is 36.8 Å². The minimum atomic E-state index is 0.750. The lowest BCUT2D eigenvalue weighted by Gasteiger charge is -2.28. The molecule has 1 aliphatic carbocycles. The zero-order valence-corrected chi connectivity index (χ0v) is 12.8. The van der Waals surface area contributed by atoms with Crippen molar-refractivity contribution in [3.8, 4) is 0 Å². The van der Waals surface area contributed by atoms with E-state index in [1.165, 1.54) is 32.1 Å². The summed E-state index contributed by atoms with van der Waals surface area (Å²) >= 11 is 0. The Morgan fingerprint density at radius 1 is 1.14 bits per heavy atom. The Kier molecular flexibility index (Phi) is 4.28. The maximum atomic E-state index is 6.00. The van der Waals surface area contributed by atoms with Gasteiger partial charge < -0.3 is 11.1 Å². The molecule has 1 aromatic heterocycles. The molecule has 0 saturated heterocycles. The summed E-state index contributed by atoms with van der Waals surface area (Å²) in [7, 11) is 0. The molecule has 2 aromatic rings. The third-order valence-corrected chi connectivity index (χ3v) is 4.93. The fourth-order valence-corrected chi connectivity index (χ4v) is 3.45. The van der Waals surface area contributed by atoms with E-state index in [0.717, 1.165) is 40.7 Å². The fraction of sp³-hybridized carbons (Fsp3) is 0.500. The van der Waals surface area contributed by atoms with Crippen molar-refractivity contribution in [2.75, 3.05) is 17.6 Å². The monoisotopic (exact) mass is 283 g/mol. The first-order chi connectivity index (χ1) is 10.3. The number of para-hydroxylation sites is 1. The molecule has 1 heterocycles. The molecule has 1 saturated carbocycles. The van der Waals surface area contributed by atoms with Crippen LogP contribution in [-0.2, 0) is 0 Å². The zero-order valence-electron chi connectivity index (χ0n) is 12.8. The van der Waals surface area contributed by atoms with Crippen LogP contribution in [0.25, 0.3) is 10.9 Å². The van der Waals surface area contributed by atoms with E-state index in [1.54, 1.807) is 0 Å². The van der Waals surface area contributed by atoms with Gasteiger partial charge in [0.25, 0.3) is 0 Å². The first-order valence-electron chi connectivity index (χ1n) is 8.15. The quantitative estimate of drug-likeness (QED) is 0.815. The maximum absolute atomic E-state index is 6.00. The number of aromatic nitrogens is 1. The van der Waals surface area contributed by atoms with E-state index in [0.29, 0.717) is 0 Å². The van der Waals surface area contributed by atoms with Crippen molar-refractivity contribution in [3.63, 3.8) is 0 Å². The lowest BCUT2D eigenvalue weighted by Crippen LogP contribution is -2.21. The van der Waals surface area contributed by atoms with Crippen LogP contribution in [0.15, 0.2) is 30.5 Å². The average molecular weight is 283 g/mol. The van der Waals surface area contributed by atoms with E-state index in [-0.39, 0.29) is 0 Å². The highest BCUT2D eigenvalue weighted by atomic mass is 14.9. The van der Waals surface area contributed by atoms with Gasteiger partial charge >= 0.3 is 0 Å². The van der Waals surface area contributed by atoms with Gasteiger partial charge in [0.1, 0.15) is 0 Å². The highest BCUT2D eigenvalue weighted by molar-refractivity contribution is 5.97. The number of hydrogen-bond acceptors (Lipinski definition) is 3. The minimum absolute atomic E-state index is 0.750. The number of nitrogen functional groups attached to an aromatic ring is 1. The van der Waals surface area contributed by atoms with Gasteiger partial charge in [0.15, 0.2) is 0 Å². The number of pyridine rings is 1. The Morgan fingerprint density at radius 3 is 2.67 bits per heavy atom. The Labute approximate surface area is 127 Å². The molecule has 1 aliphatic rings. The molecule has 1 aromatic carbocycles. The largest absolute Gasteiger partial charge is 0.397 e. The molecule has 0 bridgehead atoms. The van der Waals surface area contributed by atoms with Gasteiger partial charge in [-0.15, -0.1) is 0 Å². The molecule has 0 atom stereocenters. The number of nitrogens with one attached hydrogen (secondary N) is 1. The molecule has 112 valence electrons. The van der Waals surface area contributed by atoms with E-state index < -0.39 is 0 Å². The fourth-order valence-electron chi connectivity index (χ4n) is 3.45. The summed E-state index contributed by atoms with van der Waals surface area (Å²) < 4.78 is 0. The van der Waals surface area contributed by atoms with Crippen LogP contribution in [0, 0.1) is 11.8 Å². The summed E-state index contributed by atoms with van der Waals surface area (Å²) in [6, 6.07) is 8.05. The number of rotatable bonds is 4. The summed E-state index contributed by atoms with van der Waals surface area (Å²) in [6.45, 7) is 3.38. The summed E-state index contributed by atoms with van der Waals surface area (Å²) in [4.78, 5) is 4.39. The molecule has 0 unspecified atom stereocenters. The van der Waals surface area contributed by atoms with Gasteiger partial charge in [-0.1, -0.05) is 38.3 Å². The minimum Gasteiger partial charge on any atom is -0.397 e. The van der Waals surface area contributed by atoms with Gasteiger partial charge in [0.2, 0.25) is 0 Å². The molecular formula is C18H25N3. The van der Waals surface area contributed by atoms with Crippen LogP contribution in [0.4, 0.5) is 11.4 Å². The maximum Gasteiger partial charge on any atom is 0.0951 e. The SMILES string of the molecule is CCC1CCC(CNc2ccnc3c(N)cccc23)CC1. The zero-order chi connectivity index (χ0) is 14.7. The molecule has 0 radical (unpaired) electrons. The van der Waals surface area contributed by atoms with Crippen molar-refractivity contribution >= 4 is 22.3 Å². The second kappa shape index (κ2) is 6.33. The van der Waals surface area contributed by atoms with Crippen molar-refractivity contribution in [3.05, 3.63) is 30.5 Å². The number of benzene rings is 1. The smallest absolute Gasteiger partial charge is 0.0951 e. The Hall–Kier alpha value is -1.77. The molecule has 0 aliphatic heterocycles. The van der Waals surface area contributed by atoms with Crippen LogP contribution in [-0.4, -0.2) is 11.5 Å². The molecule has 3 nitrogen and oxygen atoms in total. The van der Waals surface area contributed by atoms with Crippen molar-refractivity contribution in [2.45, 2.75) is 39.0 Å². The summed E-state index contributed by atoms with van der Waals surface area (Å²) in [5.41, 5.74) is 8.81. The predicted molar refractivity (Wildman–Crippen MR) is 90.4 cm³/mol. The third-order valence-electron chi connectivity index (χ3n) is 4.93.